The molecule has 0 aliphatic heterocycles. The Hall–Kier alpha value is -3.50. The van der Waals surface area contributed by atoms with E-state index in [0.29, 0.717) is 59.2 Å². The summed E-state index contributed by atoms with van der Waals surface area (Å²) in [5.74, 6) is 0. The van der Waals surface area contributed by atoms with Crippen molar-refractivity contribution >= 4 is 91.7 Å². The number of thiazole rings is 2. The summed E-state index contributed by atoms with van der Waals surface area (Å²) in [5, 5.41) is 17.1. The Balaban J connectivity index is 0.000000288. The number of aldehydes is 1. The topological polar surface area (TPSA) is 135 Å². The van der Waals surface area contributed by atoms with Crippen LogP contribution in [0.4, 0.5) is 26.3 Å². The van der Waals surface area contributed by atoms with Gasteiger partial charge in [0.05, 0.1) is 17.7 Å². The third kappa shape index (κ3) is 11.8. The van der Waals surface area contributed by atoms with E-state index in [1.165, 1.54) is 52.0 Å². The molecule has 0 aliphatic rings. The summed E-state index contributed by atoms with van der Waals surface area (Å²) in [6.45, 7) is -0.190. The fourth-order valence-electron chi connectivity index (χ4n) is 3.86. The number of rotatable bonds is 4. The van der Waals surface area contributed by atoms with Crippen molar-refractivity contribution in [1.82, 2.24) is 19.9 Å². The number of nitrogens with zero attached hydrogens (tertiary/aromatic N) is 4. The van der Waals surface area contributed by atoms with Gasteiger partial charge >= 0.3 is 49.0 Å². The van der Waals surface area contributed by atoms with Crippen molar-refractivity contribution in [2.75, 3.05) is 0 Å². The van der Waals surface area contributed by atoms with Crippen LogP contribution in [0.1, 0.15) is 27.0 Å². The van der Waals surface area contributed by atoms with Gasteiger partial charge in [0.2, 0.25) is 0 Å². The Kier molecular flexibility index (Phi) is 17.4. The predicted molar refractivity (Wildman–Crippen MR) is 181 cm³/mol. The van der Waals surface area contributed by atoms with Gasteiger partial charge in [-0.15, -0.1) is 6.42 Å². The molecule has 0 fully saturated rings. The van der Waals surface area contributed by atoms with Gasteiger partial charge in [0.15, 0.2) is 6.29 Å². The third-order valence-electron chi connectivity index (χ3n) is 5.88. The summed E-state index contributed by atoms with van der Waals surface area (Å²) in [4.78, 5) is 28.8. The fraction of sp³-hybridized carbons (Fsp3) is 0.100. The minimum absolute atomic E-state index is 0.190. The molecule has 4 heterocycles. The molecule has 2 aromatic carbocycles. The van der Waals surface area contributed by atoms with Gasteiger partial charge in [-0.3, -0.25) is 10.1 Å². The fourth-order valence-corrected chi connectivity index (χ4v) is 5.75. The molecular formula is C30H20Al2F6N4O5PS2. The van der Waals surface area contributed by atoms with Crippen LogP contribution in [0.15, 0.2) is 73.1 Å². The number of alkyl halides is 6. The Bertz CT molecular complexity index is 2060. The zero-order valence-corrected chi connectivity index (χ0v) is 30.1. The van der Waals surface area contributed by atoms with Gasteiger partial charge in [0.25, 0.3) is 0 Å². The van der Waals surface area contributed by atoms with E-state index >= 15 is 0 Å². The Morgan fingerprint density at radius 1 is 0.840 bits per heavy atom. The maximum atomic E-state index is 12.7. The van der Waals surface area contributed by atoms with Crippen LogP contribution < -0.4 is 0 Å². The maximum absolute atomic E-state index is 12.7. The molecule has 9 nitrogen and oxygen atoms in total. The summed E-state index contributed by atoms with van der Waals surface area (Å²) >= 11 is 5.15. The number of terminal acetylenes is 1. The van der Waals surface area contributed by atoms with E-state index in [2.05, 4.69) is 45.2 Å². The van der Waals surface area contributed by atoms with Gasteiger partial charge in [-0.25, -0.2) is 19.9 Å². The average Bonchev–Trinajstić information content (AvgIpc) is 3.75. The van der Waals surface area contributed by atoms with Crippen molar-refractivity contribution in [3.63, 3.8) is 0 Å². The van der Waals surface area contributed by atoms with Gasteiger partial charge in [0.1, 0.15) is 30.7 Å². The number of pyridine rings is 2. The molecule has 3 radical (unpaired) electrons. The summed E-state index contributed by atoms with van der Waals surface area (Å²) < 4.78 is 87.8. The number of hydrogen-bond acceptors (Lipinski definition) is 11. The average molecular weight is 780 g/mol. The Labute approximate surface area is 306 Å². The number of halogens is 6. The molecule has 0 bridgehead atoms. The minimum atomic E-state index is -4.40. The molecule has 1 unspecified atom stereocenters. The third-order valence-corrected chi connectivity index (χ3v) is 7.91. The van der Waals surface area contributed by atoms with Gasteiger partial charge < -0.3 is 9.05 Å². The van der Waals surface area contributed by atoms with Crippen LogP contribution in [0.5, 0.6) is 0 Å². The first kappa shape index (κ1) is 42.7. The molecule has 0 aliphatic carbocycles. The molecule has 4 aromatic heterocycles. The van der Waals surface area contributed by atoms with Crippen LogP contribution in [-0.2, 0) is 26.7 Å². The number of benzene rings is 2. The molecular weight excluding hydrogens is 759 g/mol. The van der Waals surface area contributed by atoms with Crippen molar-refractivity contribution in [3.05, 3.63) is 95.3 Å². The second-order valence-electron chi connectivity index (χ2n) is 8.92. The van der Waals surface area contributed by atoms with Crippen molar-refractivity contribution < 1.29 is 49.2 Å². The number of aliphatic hydroxyl groups excluding tert-OH is 1. The Morgan fingerprint density at radius 3 is 1.68 bits per heavy atom. The van der Waals surface area contributed by atoms with E-state index in [9.17, 15) is 36.2 Å². The van der Waals surface area contributed by atoms with Gasteiger partial charge in [-0.2, -0.15) is 26.3 Å². The molecule has 20 heteroatoms. The van der Waals surface area contributed by atoms with Crippen molar-refractivity contribution in [2.24, 2.45) is 0 Å². The molecule has 6 aromatic rings. The van der Waals surface area contributed by atoms with E-state index in [1.54, 1.807) is 41.0 Å². The van der Waals surface area contributed by atoms with E-state index in [4.69, 9.17) is 9.06 Å². The number of carbonyl (C=O) groups excluding carboxylic acids is 1. The first-order valence-electron chi connectivity index (χ1n) is 13.1. The van der Waals surface area contributed by atoms with E-state index in [-0.39, 0.29) is 6.61 Å². The van der Waals surface area contributed by atoms with Crippen LogP contribution in [0.3, 0.4) is 0 Å². The molecule has 50 heavy (non-hydrogen) atoms. The molecule has 6 rings (SSSR count). The van der Waals surface area contributed by atoms with Gasteiger partial charge in [0, 0.05) is 34.6 Å². The zero-order chi connectivity index (χ0) is 37.5. The van der Waals surface area contributed by atoms with Crippen LogP contribution in [0.2, 0.25) is 0 Å². The number of aromatic nitrogens is 4. The van der Waals surface area contributed by atoms with Crippen LogP contribution in [0, 0.1) is 12.1 Å². The monoisotopic (exact) mass is 779 g/mol. The van der Waals surface area contributed by atoms with E-state index < -0.39 is 23.5 Å². The first-order valence-corrected chi connectivity index (χ1v) is 16.3. The molecule has 2 N–H and O–H groups in total. The van der Waals surface area contributed by atoms with Crippen molar-refractivity contribution in [1.29, 1.82) is 0 Å². The number of carbonyl (C=O) groups is 1. The van der Waals surface area contributed by atoms with Crippen LogP contribution in [-0.4, -0.2) is 69.4 Å². The molecule has 255 valence electrons. The normalized spacial score (nSPS) is 10.5. The SMILES string of the molecule is C#CP.O=Cc1ccnc2sc(-c3cccc(C(F)(F)F)c3)nc12.OCc1ccnc2sc(-c3cccc(C(F)(F)F)c3)nc12.O[O][Al].[O]=[Al]. The summed E-state index contributed by atoms with van der Waals surface area (Å²) in [6, 6.07) is 13.1. The van der Waals surface area contributed by atoms with Gasteiger partial charge in [-0.1, -0.05) is 61.8 Å². The Morgan fingerprint density at radius 2 is 1.26 bits per heavy atom. The van der Waals surface area contributed by atoms with Crippen LogP contribution in [0.25, 0.3) is 41.8 Å². The molecule has 0 saturated carbocycles. The molecule has 1 atom stereocenters. The van der Waals surface area contributed by atoms with Crippen LogP contribution >= 0.6 is 31.9 Å². The molecule has 0 amide bonds. The summed E-state index contributed by atoms with van der Waals surface area (Å²) in [6.07, 6.45) is -0.563. The van der Waals surface area contributed by atoms with Crippen molar-refractivity contribution in [2.45, 2.75) is 19.0 Å². The summed E-state index contributed by atoms with van der Waals surface area (Å²) in [7, 11) is 2.11. The number of hydrogen-bond donors (Lipinski definition) is 2. The van der Waals surface area contributed by atoms with Gasteiger partial charge in [-0.05, 0) is 36.4 Å². The standard InChI is InChI=1S/C14H9F3N2OS.C14H7F3N2OS.C2H3P.2Al.H2O2.O/c2*15-14(16,17)10-3-1-2-8(6-10)12-19-11-9(7-20)4-5-18-13(11)21-12;1-2-3;;;1-2;/h1-6,20H,7H2;1-7H;1H,3H2;;;1-2H;/q;;;;+1;;/p-1. The number of fused-ring (bicyclic) bond motifs is 2. The van der Waals surface area contributed by atoms with E-state index in [1.807, 2.05) is 0 Å². The van der Waals surface area contributed by atoms with E-state index in [0.717, 1.165) is 35.6 Å². The van der Waals surface area contributed by atoms with Crippen molar-refractivity contribution in [3.8, 4) is 33.2 Å². The summed E-state index contributed by atoms with van der Waals surface area (Å²) in [5.41, 5.74) is 3.37. The second kappa shape index (κ2) is 20.4. The zero-order valence-electron chi connectivity index (χ0n) is 25.0. The predicted octanol–water partition coefficient (Wildman–Crippen LogP) is 7.57. The molecule has 0 spiro atoms. The molecule has 0 saturated heterocycles. The first-order chi connectivity index (χ1) is 23.8. The quantitative estimate of drug-likeness (QED) is 0.0353. The number of aliphatic hydroxyl groups is 1. The second-order valence-corrected chi connectivity index (χ2v) is 11.4.